The molecule has 0 N–H and O–H groups in total. The Bertz CT molecular complexity index is 355. The predicted octanol–water partition coefficient (Wildman–Crippen LogP) is 4.71. The molecular weight excluding hydrogens is 236 g/mol. The summed E-state index contributed by atoms with van der Waals surface area (Å²) in [5.74, 6) is 0. The van der Waals surface area contributed by atoms with Gasteiger partial charge in [0.15, 0.2) is 0 Å². The molecule has 0 heterocycles. The molecule has 1 aliphatic rings. The fraction of sp³-hybridized carbons (Fsp3) is 0.385. The van der Waals surface area contributed by atoms with E-state index in [1.54, 1.807) is 5.57 Å². The maximum Gasteiger partial charge on any atom is 0.0276 e. The monoisotopic (exact) mass is 250 g/mol. The molecule has 0 nitrogen and oxygen atoms in total. The molecule has 0 amide bonds. The number of aryl methyl sites for hydroxylation is 1. The van der Waals surface area contributed by atoms with Crippen LogP contribution in [0.25, 0.3) is 6.08 Å². The number of hydrogen-bond donors (Lipinski definition) is 0. The molecular formula is C13H15Br. The maximum absolute atomic E-state index is 3.64. The van der Waals surface area contributed by atoms with Crippen molar-refractivity contribution in [1.29, 1.82) is 0 Å². The van der Waals surface area contributed by atoms with E-state index in [0.29, 0.717) is 0 Å². The molecule has 1 saturated carbocycles. The Hall–Kier alpha value is -0.560. The van der Waals surface area contributed by atoms with Crippen LogP contribution in [0.3, 0.4) is 0 Å². The van der Waals surface area contributed by atoms with Crippen LogP contribution in [0.4, 0.5) is 0 Å². The van der Waals surface area contributed by atoms with Gasteiger partial charge in [-0.05, 0) is 59.7 Å². The summed E-state index contributed by atoms with van der Waals surface area (Å²) in [6.45, 7) is 2.14. The van der Waals surface area contributed by atoms with Gasteiger partial charge in [-0.25, -0.2) is 0 Å². The molecule has 0 spiro atoms. The minimum atomic E-state index is 1.25. The minimum absolute atomic E-state index is 1.25. The van der Waals surface area contributed by atoms with E-state index in [2.05, 4.69) is 47.1 Å². The van der Waals surface area contributed by atoms with E-state index in [1.165, 1.54) is 41.3 Å². The Morgan fingerprint density at radius 3 is 2.64 bits per heavy atom. The smallest absolute Gasteiger partial charge is 0.0276 e. The van der Waals surface area contributed by atoms with Gasteiger partial charge in [-0.2, -0.15) is 0 Å². The highest BCUT2D eigenvalue weighted by atomic mass is 79.9. The lowest BCUT2D eigenvalue weighted by Gasteiger charge is -2.03. The lowest BCUT2D eigenvalue weighted by molar-refractivity contribution is 0.886. The Balaban J connectivity index is 2.32. The van der Waals surface area contributed by atoms with Crippen molar-refractivity contribution in [2.24, 2.45) is 0 Å². The van der Waals surface area contributed by atoms with Crippen molar-refractivity contribution in [3.8, 4) is 0 Å². The van der Waals surface area contributed by atoms with Crippen molar-refractivity contribution in [1.82, 2.24) is 0 Å². The third-order valence-electron chi connectivity index (χ3n) is 2.83. The molecule has 0 bridgehead atoms. The van der Waals surface area contributed by atoms with Gasteiger partial charge in [-0.3, -0.25) is 0 Å². The zero-order chi connectivity index (χ0) is 9.97. The van der Waals surface area contributed by atoms with Crippen molar-refractivity contribution in [3.05, 3.63) is 39.4 Å². The summed E-state index contributed by atoms with van der Waals surface area (Å²) in [5, 5.41) is 0. The number of halogens is 1. The van der Waals surface area contributed by atoms with Crippen LogP contribution in [0, 0.1) is 6.92 Å². The standard InChI is InChI=1S/C13H15Br/c1-10-5-4-8-12(13(10)14)9-11-6-2-3-7-11/h4-5,8-9H,2-3,6-7H2,1H3. The fourth-order valence-electron chi connectivity index (χ4n) is 1.97. The Labute approximate surface area is 94.2 Å². The Morgan fingerprint density at radius 2 is 1.93 bits per heavy atom. The Kier molecular flexibility index (Phi) is 3.07. The molecule has 1 aromatic rings. The topological polar surface area (TPSA) is 0 Å². The summed E-state index contributed by atoms with van der Waals surface area (Å²) in [4.78, 5) is 0. The largest absolute Gasteiger partial charge is 0.0696 e. The average Bonchev–Trinajstić information content (AvgIpc) is 2.66. The van der Waals surface area contributed by atoms with Crippen LogP contribution >= 0.6 is 15.9 Å². The van der Waals surface area contributed by atoms with Gasteiger partial charge in [0.25, 0.3) is 0 Å². The van der Waals surface area contributed by atoms with Gasteiger partial charge >= 0.3 is 0 Å². The minimum Gasteiger partial charge on any atom is -0.0696 e. The number of allylic oxidation sites excluding steroid dienone is 1. The SMILES string of the molecule is Cc1cccc(C=C2CCCC2)c1Br. The van der Waals surface area contributed by atoms with Crippen LogP contribution in [-0.4, -0.2) is 0 Å². The van der Waals surface area contributed by atoms with Crippen molar-refractivity contribution in [2.75, 3.05) is 0 Å². The van der Waals surface area contributed by atoms with E-state index >= 15 is 0 Å². The summed E-state index contributed by atoms with van der Waals surface area (Å²) in [7, 11) is 0. The lowest BCUT2D eigenvalue weighted by Crippen LogP contribution is -1.82. The lowest BCUT2D eigenvalue weighted by atomic mass is 10.1. The summed E-state index contributed by atoms with van der Waals surface area (Å²) in [5.41, 5.74) is 4.26. The van der Waals surface area contributed by atoms with Crippen LogP contribution in [0.5, 0.6) is 0 Å². The Morgan fingerprint density at radius 1 is 1.21 bits per heavy atom. The molecule has 0 radical (unpaired) electrons. The van der Waals surface area contributed by atoms with E-state index in [1.807, 2.05) is 0 Å². The van der Waals surface area contributed by atoms with Crippen molar-refractivity contribution < 1.29 is 0 Å². The van der Waals surface area contributed by atoms with E-state index in [0.717, 1.165) is 0 Å². The summed E-state index contributed by atoms with van der Waals surface area (Å²) >= 11 is 3.64. The second-order valence-corrected chi connectivity index (χ2v) is 4.78. The van der Waals surface area contributed by atoms with Crippen LogP contribution in [0.2, 0.25) is 0 Å². The molecule has 0 saturated heterocycles. The highest BCUT2D eigenvalue weighted by molar-refractivity contribution is 9.10. The molecule has 1 heteroatoms. The van der Waals surface area contributed by atoms with E-state index < -0.39 is 0 Å². The number of rotatable bonds is 1. The van der Waals surface area contributed by atoms with Gasteiger partial charge < -0.3 is 0 Å². The molecule has 1 aliphatic carbocycles. The van der Waals surface area contributed by atoms with Gasteiger partial charge in [-0.1, -0.05) is 29.8 Å². The quantitative estimate of drug-likeness (QED) is 0.677. The van der Waals surface area contributed by atoms with Crippen LogP contribution in [0.15, 0.2) is 28.2 Å². The van der Waals surface area contributed by atoms with Crippen molar-refractivity contribution >= 4 is 22.0 Å². The third-order valence-corrected chi connectivity index (χ3v) is 3.91. The highest BCUT2D eigenvalue weighted by Gasteiger charge is 2.07. The van der Waals surface area contributed by atoms with Gasteiger partial charge in [0.05, 0.1) is 0 Å². The van der Waals surface area contributed by atoms with Crippen LogP contribution in [0.1, 0.15) is 36.8 Å². The molecule has 0 aromatic heterocycles. The van der Waals surface area contributed by atoms with Crippen LogP contribution < -0.4 is 0 Å². The second kappa shape index (κ2) is 4.31. The van der Waals surface area contributed by atoms with Crippen LogP contribution in [-0.2, 0) is 0 Å². The summed E-state index contributed by atoms with van der Waals surface area (Å²) in [6.07, 6.45) is 7.68. The van der Waals surface area contributed by atoms with Gasteiger partial charge in [0, 0.05) is 4.47 Å². The molecule has 0 unspecified atom stereocenters. The first-order valence-corrected chi connectivity index (χ1v) is 6.01. The zero-order valence-corrected chi connectivity index (χ0v) is 10.1. The third kappa shape index (κ3) is 2.09. The van der Waals surface area contributed by atoms with Crippen molar-refractivity contribution in [3.63, 3.8) is 0 Å². The predicted molar refractivity (Wildman–Crippen MR) is 65.3 cm³/mol. The van der Waals surface area contributed by atoms with Gasteiger partial charge in [0.1, 0.15) is 0 Å². The fourth-order valence-corrected chi connectivity index (χ4v) is 2.35. The number of benzene rings is 1. The van der Waals surface area contributed by atoms with Crippen molar-refractivity contribution in [2.45, 2.75) is 32.6 Å². The van der Waals surface area contributed by atoms with Gasteiger partial charge in [-0.15, -0.1) is 0 Å². The second-order valence-electron chi connectivity index (χ2n) is 3.99. The molecule has 0 atom stereocenters. The normalized spacial score (nSPS) is 16.0. The molecule has 14 heavy (non-hydrogen) atoms. The van der Waals surface area contributed by atoms with E-state index in [4.69, 9.17) is 0 Å². The summed E-state index contributed by atoms with van der Waals surface area (Å²) < 4.78 is 1.25. The van der Waals surface area contributed by atoms with Gasteiger partial charge in [0.2, 0.25) is 0 Å². The van der Waals surface area contributed by atoms with E-state index in [9.17, 15) is 0 Å². The zero-order valence-electron chi connectivity index (χ0n) is 8.52. The average molecular weight is 251 g/mol. The summed E-state index contributed by atoms with van der Waals surface area (Å²) in [6, 6.07) is 6.45. The van der Waals surface area contributed by atoms with E-state index in [-0.39, 0.29) is 0 Å². The number of hydrogen-bond acceptors (Lipinski definition) is 0. The molecule has 1 fully saturated rings. The molecule has 2 rings (SSSR count). The highest BCUT2D eigenvalue weighted by Crippen LogP contribution is 2.29. The molecule has 74 valence electrons. The first-order valence-electron chi connectivity index (χ1n) is 5.22. The molecule has 0 aliphatic heterocycles. The first-order chi connectivity index (χ1) is 6.77. The first kappa shape index (κ1) is 9.97. The molecule has 1 aromatic carbocycles. The maximum atomic E-state index is 3.64.